The van der Waals surface area contributed by atoms with Crippen LogP contribution < -0.4 is 15.7 Å². The first-order chi connectivity index (χ1) is 18.0. The van der Waals surface area contributed by atoms with Gasteiger partial charge >= 0.3 is 0 Å². The summed E-state index contributed by atoms with van der Waals surface area (Å²) in [5.74, 6) is 0.507. The Bertz CT molecular complexity index is 1510. The molecular weight excluding hydrogens is 506 g/mol. The monoisotopic (exact) mass is 533 g/mol. The zero-order valence-corrected chi connectivity index (χ0v) is 22.3. The zero-order chi connectivity index (χ0) is 25.8. The molecule has 0 saturated heterocycles. The van der Waals surface area contributed by atoms with Gasteiger partial charge in [0.05, 0.1) is 29.1 Å². The lowest BCUT2D eigenvalue weighted by atomic mass is 9.97. The number of hydrogen-bond donors (Lipinski definition) is 1. The number of carbonyl (C=O) groups excluding carboxylic acids is 1. The van der Waals surface area contributed by atoms with E-state index in [1.165, 1.54) is 16.6 Å². The van der Waals surface area contributed by atoms with E-state index >= 15 is 0 Å². The van der Waals surface area contributed by atoms with Gasteiger partial charge in [0.15, 0.2) is 5.16 Å². The number of thioether (sulfide) groups is 1. The van der Waals surface area contributed by atoms with Crippen molar-refractivity contribution in [3.8, 4) is 11.4 Å². The lowest BCUT2D eigenvalue weighted by Gasteiger charge is -2.14. The second-order valence-corrected chi connectivity index (χ2v) is 10.6. The van der Waals surface area contributed by atoms with Crippen LogP contribution in [0.5, 0.6) is 5.75 Å². The Morgan fingerprint density at radius 1 is 1.22 bits per heavy atom. The predicted octanol–water partition coefficient (Wildman–Crippen LogP) is 4.75. The van der Waals surface area contributed by atoms with Crippen molar-refractivity contribution in [1.82, 2.24) is 20.0 Å². The number of pyridine rings is 1. The van der Waals surface area contributed by atoms with Crippen LogP contribution in [0.3, 0.4) is 0 Å². The molecule has 0 atom stereocenters. The summed E-state index contributed by atoms with van der Waals surface area (Å²) in [6.07, 6.45) is 7.47. The van der Waals surface area contributed by atoms with Crippen molar-refractivity contribution in [3.05, 3.63) is 75.1 Å². The standard InChI is InChI=1S/C27H27N5O3S2/c1-3-35-20-12-10-19(11-13-20)32-26(34)24-21-8-4-5-9-22(21)37-25(24)29-27(32)36-16-23(33)31-30-17(2)18-7-6-14-28-15-18/h6-7,10-15H,3-5,8-9,16H2,1-2H3,(H,31,33). The average Bonchev–Trinajstić information content (AvgIpc) is 3.30. The summed E-state index contributed by atoms with van der Waals surface area (Å²) < 4.78 is 7.18. The first-order valence-corrected chi connectivity index (χ1v) is 14.0. The minimum atomic E-state index is -0.286. The van der Waals surface area contributed by atoms with E-state index in [-0.39, 0.29) is 17.2 Å². The Labute approximate surface area is 222 Å². The summed E-state index contributed by atoms with van der Waals surface area (Å²) >= 11 is 2.82. The summed E-state index contributed by atoms with van der Waals surface area (Å²) in [5.41, 5.74) is 5.80. The molecule has 190 valence electrons. The molecule has 1 aliphatic carbocycles. The Balaban J connectivity index is 1.45. The molecule has 5 rings (SSSR count). The number of aromatic nitrogens is 3. The second-order valence-electron chi connectivity index (χ2n) is 8.62. The zero-order valence-electron chi connectivity index (χ0n) is 20.7. The summed E-state index contributed by atoms with van der Waals surface area (Å²) in [6, 6.07) is 11.1. The maximum Gasteiger partial charge on any atom is 0.267 e. The maximum atomic E-state index is 13.9. The lowest BCUT2D eigenvalue weighted by molar-refractivity contribution is -0.118. The lowest BCUT2D eigenvalue weighted by Crippen LogP contribution is -2.24. The summed E-state index contributed by atoms with van der Waals surface area (Å²) in [4.78, 5) is 37.5. The molecule has 0 unspecified atom stereocenters. The molecular formula is C27H27N5O3S2. The van der Waals surface area contributed by atoms with Gasteiger partial charge in [0.1, 0.15) is 10.6 Å². The number of fused-ring (bicyclic) bond motifs is 3. The highest BCUT2D eigenvalue weighted by atomic mass is 32.2. The number of benzene rings is 1. The van der Waals surface area contributed by atoms with Gasteiger partial charge < -0.3 is 4.74 Å². The number of aryl methyl sites for hydroxylation is 2. The van der Waals surface area contributed by atoms with E-state index in [2.05, 4.69) is 15.5 Å². The van der Waals surface area contributed by atoms with Crippen LogP contribution in [-0.2, 0) is 17.6 Å². The molecule has 3 aromatic heterocycles. The smallest absolute Gasteiger partial charge is 0.267 e. The van der Waals surface area contributed by atoms with Crippen molar-refractivity contribution < 1.29 is 9.53 Å². The molecule has 10 heteroatoms. The van der Waals surface area contributed by atoms with E-state index in [4.69, 9.17) is 9.72 Å². The molecule has 8 nitrogen and oxygen atoms in total. The fraction of sp³-hybridized carbons (Fsp3) is 0.296. The number of hydrazone groups is 1. The van der Waals surface area contributed by atoms with Crippen LogP contribution in [0.4, 0.5) is 0 Å². The summed E-state index contributed by atoms with van der Waals surface area (Å²) in [6.45, 7) is 4.30. The summed E-state index contributed by atoms with van der Waals surface area (Å²) in [7, 11) is 0. The van der Waals surface area contributed by atoms with E-state index in [9.17, 15) is 9.59 Å². The van der Waals surface area contributed by atoms with Crippen LogP contribution in [0.2, 0.25) is 0 Å². The fourth-order valence-electron chi connectivity index (χ4n) is 4.32. The molecule has 1 aliphatic rings. The third kappa shape index (κ3) is 5.45. The maximum absolute atomic E-state index is 13.9. The van der Waals surface area contributed by atoms with Crippen molar-refractivity contribution in [2.75, 3.05) is 12.4 Å². The Hall–Kier alpha value is -3.50. The number of ether oxygens (including phenoxy) is 1. The first-order valence-electron chi connectivity index (χ1n) is 12.2. The van der Waals surface area contributed by atoms with Gasteiger partial charge in [-0.2, -0.15) is 5.10 Å². The third-order valence-corrected chi connectivity index (χ3v) is 8.25. The number of nitrogens with zero attached hydrogens (tertiary/aromatic N) is 4. The molecule has 0 aliphatic heterocycles. The minimum Gasteiger partial charge on any atom is -0.494 e. The third-order valence-electron chi connectivity index (χ3n) is 6.12. The van der Waals surface area contributed by atoms with E-state index in [1.54, 1.807) is 28.3 Å². The molecule has 0 saturated carbocycles. The highest BCUT2D eigenvalue weighted by molar-refractivity contribution is 7.99. The SMILES string of the molecule is CCOc1ccc(-n2c(SCC(=O)NN=C(C)c3cccnc3)nc3sc4c(c3c2=O)CCCC4)cc1. The van der Waals surface area contributed by atoms with Crippen molar-refractivity contribution in [2.24, 2.45) is 5.10 Å². The fourth-order valence-corrected chi connectivity index (χ4v) is 6.43. The van der Waals surface area contributed by atoms with E-state index < -0.39 is 0 Å². The van der Waals surface area contributed by atoms with Crippen molar-refractivity contribution in [2.45, 2.75) is 44.7 Å². The topological polar surface area (TPSA) is 98.5 Å². The van der Waals surface area contributed by atoms with Gasteiger partial charge in [0, 0.05) is 22.8 Å². The predicted molar refractivity (Wildman–Crippen MR) is 148 cm³/mol. The first kappa shape index (κ1) is 25.2. The number of rotatable bonds is 8. The van der Waals surface area contributed by atoms with Crippen molar-refractivity contribution >= 4 is 44.9 Å². The van der Waals surface area contributed by atoms with Crippen LogP contribution >= 0.6 is 23.1 Å². The van der Waals surface area contributed by atoms with Crippen LogP contribution in [0.1, 0.15) is 42.7 Å². The molecule has 1 aromatic carbocycles. The number of nitrogens with one attached hydrogen (secondary N) is 1. The molecule has 0 spiro atoms. The molecule has 0 bridgehead atoms. The van der Waals surface area contributed by atoms with Crippen LogP contribution in [0, 0.1) is 0 Å². The second kappa shape index (κ2) is 11.3. The molecule has 4 aromatic rings. The van der Waals surface area contributed by atoms with E-state index in [0.717, 1.165) is 47.4 Å². The van der Waals surface area contributed by atoms with Crippen LogP contribution in [0.25, 0.3) is 15.9 Å². The largest absolute Gasteiger partial charge is 0.494 e. The Kier molecular flexibility index (Phi) is 7.66. The van der Waals surface area contributed by atoms with Gasteiger partial charge in [0.2, 0.25) is 0 Å². The van der Waals surface area contributed by atoms with Crippen LogP contribution in [-0.4, -0.2) is 38.5 Å². The highest BCUT2D eigenvalue weighted by Gasteiger charge is 2.23. The molecule has 0 fully saturated rings. The highest BCUT2D eigenvalue weighted by Crippen LogP contribution is 2.35. The molecule has 3 heterocycles. The van der Waals surface area contributed by atoms with E-state index in [1.807, 2.05) is 50.2 Å². The number of carbonyl (C=O) groups is 1. The number of amides is 1. The van der Waals surface area contributed by atoms with E-state index in [0.29, 0.717) is 28.5 Å². The van der Waals surface area contributed by atoms with Gasteiger partial charge in [-0.25, -0.2) is 10.4 Å². The van der Waals surface area contributed by atoms with Gasteiger partial charge in [0.25, 0.3) is 11.5 Å². The molecule has 37 heavy (non-hydrogen) atoms. The van der Waals surface area contributed by atoms with Crippen molar-refractivity contribution in [3.63, 3.8) is 0 Å². The van der Waals surface area contributed by atoms with Gasteiger partial charge in [-0.1, -0.05) is 17.8 Å². The molecule has 1 N–H and O–H groups in total. The quantitative estimate of drug-likeness (QED) is 0.152. The molecule has 1 amide bonds. The van der Waals surface area contributed by atoms with Gasteiger partial charge in [-0.3, -0.25) is 19.1 Å². The Morgan fingerprint density at radius 3 is 2.78 bits per heavy atom. The molecule has 0 radical (unpaired) electrons. The number of hydrogen-bond acceptors (Lipinski definition) is 8. The number of thiophene rings is 1. The van der Waals surface area contributed by atoms with Crippen LogP contribution in [0.15, 0.2) is 63.8 Å². The minimum absolute atomic E-state index is 0.0594. The normalized spacial score (nSPS) is 13.4. The van der Waals surface area contributed by atoms with Crippen molar-refractivity contribution in [1.29, 1.82) is 0 Å². The van der Waals surface area contributed by atoms with Gasteiger partial charge in [-0.05, 0) is 75.4 Å². The van der Waals surface area contributed by atoms with Gasteiger partial charge in [-0.15, -0.1) is 11.3 Å². The Morgan fingerprint density at radius 2 is 2.03 bits per heavy atom. The summed E-state index contributed by atoms with van der Waals surface area (Å²) in [5, 5.41) is 5.37. The average molecular weight is 534 g/mol.